The summed E-state index contributed by atoms with van der Waals surface area (Å²) in [5, 5.41) is 6.34. The molecule has 1 aromatic heterocycles. The fourth-order valence-corrected chi connectivity index (χ4v) is 4.20. The van der Waals surface area contributed by atoms with E-state index in [0.29, 0.717) is 31.1 Å². The first-order valence-electron chi connectivity index (χ1n) is 9.03. The van der Waals surface area contributed by atoms with Gasteiger partial charge >= 0.3 is 11.9 Å². The van der Waals surface area contributed by atoms with Gasteiger partial charge in [0.05, 0.1) is 24.8 Å². The number of rotatable bonds is 3. The Morgan fingerprint density at radius 2 is 2.07 bits per heavy atom. The van der Waals surface area contributed by atoms with E-state index in [1.807, 2.05) is 0 Å². The van der Waals surface area contributed by atoms with E-state index in [4.69, 9.17) is 4.74 Å². The van der Waals surface area contributed by atoms with Gasteiger partial charge < -0.3 is 4.74 Å². The zero-order valence-electron chi connectivity index (χ0n) is 14.7. The van der Waals surface area contributed by atoms with Crippen LogP contribution in [-0.2, 0) is 17.5 Å². The van der Waals surface area contributed by atoms with E-state index in [-0.39, 0.29) is 11.2 Å². The highest BCUT2D eigenvalue weighted by Crippen LogP contribution is 2.42. The van der Waals surface area contributed by atoms with Gasteiger partial charge in [0, 0.05) is 12.1 Å². The molecular weight excluding hydrogens is 361 g/mol. The van der Waals surface area contributed by atoms with Gasteiger partial charge in [-0.05, 0) is 30.5 Å². The van der Waals surface area contributed by atoms with Crippen LogP contribution in [-0.4, -0.2) is 38.8 Å². The topological polar surface area (TPSA) is 74.0 Å². The molecule has 1 unspecified atom stereocenters. The molecule has 2 aliphatic rings. The molecule has 27 heavy (non-hydrogen) atoms. The fraction of sp³-hybridized carbons (Fsp3) is 0.556. The quantitative estimate of drug-likeness (QED) is 0.856. The highest BCUT2D eigenvalue weighted by molar-refractivity contribution is 5.28. The molecule has 2 fully saturated rings. The zero-order valence-corrected chi connectivity index (χ0v) is 14.7. The number of H-pyrrole nitrogens is 2. The van der Waals surface area contributed by atoms with Crippen LogP contribution in [0.5, 0.6) is 0 Å². The van der Waals surface area contributed by atoms with E-state index in [0.717, 1.165) is 37.8 Å². The van der Waals surface area contributed by atoms with Crippen molar-refractivity contribution in [1.29, 1.82) is 0 Å². The van der Waals surface area contributed by atoms with E-state index in [9.17, 15) is 18.0 Å². The maximum atomic E-state index is 13.0. The lowest BCUT2D eigenvalue weighted by Gasteiger charge is -2.47. The summed E-state index contributed by atoms with van der Waals surface area (Å²) in [7, 11) is 0. The van der Waals surface area contributed by atoms with Crippen molar-refractivity contribution in [2.75, 3.05) is 13.2 Å². The van der Waals surface area contributed by atoms with Crippen molar-refractivity contribution in [1.82, 2.24) is 20.1 Å². The van der Waals surface area contributed by atoms with Crippen molar-refractivity contribution in [3.05, 3.63) is 51.7 Å². The summed E-state index contributed by atoms with van der Waals surface area (Å²) in [6.45, 7) is 1.34. The normalized spacial score (nSPS) is 23.1. The van der Waals surface area contributed by atoms with Crippen LogP contribution in [0.4, 0.5) is 13.2 Å². The first-order valence-corrected chi connectivity index (χ1v) is 9.03. The fourth-order valence-electron chi connectivity index (χ4n) is 4.20. The molecule has 4 rings (SSSR count). The predicted molar refractivity (Wildman–Crippen MR) is 91.0 cm³/mol. The molecule has 1 saturated heterocycles. The van der Waals surface area contributed by atoms with Gasteiger partial charge in [-0.1, -0.05) is 25.0 Å². The molecular formula is C18H21F3N4O2. The van der Waals surface area contributed by atoms with Crippen molar-refractivity contribution < 1.29 is 17.9 Å². The summed E-state index contributed by atoms with van der Waals surface area (Å²) in [6.07, 6.45) is -0.722. The summed E-state index contributed by atoms with van der Waals surface area (Å²) in [6, 6.07) is 5.31. The smallest absolute Gasteiger partial charge is 0.370 e. The molecule has 0 bridgehead atoms. The first-order chi connectivity index (χ1) is 12.9. The van der Waals surface area contributed by atoms with Crippen molar-refractivity contribution in [2.24, 2.45) is 0 Å². The zero-order chi connectivity index (χ0) is 19.1. The van der Waals surface area contributed by atoms with E-state index in [1.165, 1.54) is 6.07 Å². The highest BCUT2D eigenvalue weighted by atomic mass is 19.4. The molecule has 1 atom stereocenters. The van der Waals surface area contributed by atoms with Crippen LogP contribution in [0.3, 0.4) is 0 Å². The van der Waals surface area contributed by atoms with Crippen LogP contribution in [0.1, 0.15) is 48.7 Å². The number of alkyl halides is 3. The number of hydrogen-bond acceptors (Lipinski definition) is 4. The molecule has 0 radical (unpaired) electrons. The number of aromatic nitrogens is 3. The number of benzene rings is 1. The van der Waals surface area contributed by atoms with Gasteiger partial charge in [-0.15, -0.1) is 0 Å². The number of morpholine rings is 1. The summed E-state index contributed by atoms with van der Waals surface area (Å²) in [4.78, 5) is 16.2. The predicted octanol–water partition coefficient (Wildman–Crippen LogP) is 3.00. The van der Waals surface area contributed by atoms with Crippen LogP contribution < -0.4 is 5.69 Å². The Morgan fingerprint density at radius 3 is 2.74 bits per heavy atom. The monoisotopic (exact) mass is 382 g/mol. The van der Waals surface area contributed by atoms with E-state index >= 15 is 0 Å². The van der Waals surface area contributed by atoms with Gasteiger partial charge in [0.25, 0.3) is 0 Å². The number of aromatic amines is 2. The molecule has 1 aromatic carbocycles. The second-order valence-corrected chi connectivity index (χ2v) is 7.36. The largest absolute Gasteiger partial charge is 0.416 e. The minimum absolute atomic E-state index is 0.145. The second-order valence-electron chi connectivity index (χ2n) is 7.36. The van der Waals surface area contributed by atoms with E-state index in [1.54, 1.807) is 6.07 Å². The van der Waals surface area contributed by atoms with Gasteiger partial charge in [0.1, 0.15) is 5.82 Å². The molecule has 2 aromatic rings. The van der Waals surface area contributed by atoms with Crippen LogP contribution in [0.15, 0.2) is 29.1 Å². The van der Waals surface area contributed by atoms with Gasteiger partial charge in [-0.25, -0.2) is 9.89 Å². The molecule has 2 N–H and O–H groups in total. The Labute approximate surface area is 153 Å². The lowest BCUT2D eigenvalue weighted by molar-refractivity contribution is -0.138. The standard InChI is InChI=1S/C18H21F3N4O2/c19-18(20,21)13-5-3-4-12(8-13)14-9-25(10-15-22-16(26)24-23-15)17(11-27-14)6-1-2-7-17/h3-5,8,14H,1-2,6-7,9-11H2,(H2,22,23,24,26). The molecule has 1 aliphatic heterocycles. The summed E-state index contributed by atoms with van der Waals surface area (Å²) in [5.74, 6) is 0.524. The van der Waals surface area contributed by atoms with Gasteiger partial charge in [0.15, 0.2) is 0 Å². The molecule has 2 heterocycles. The lowest BCUT2D eigenvalue weighted by atomic mass is 9.92. The Balaban J connectivity index is 1.59. The third-order valence-electron chi connectivity index (χ3n) is 5.62. The summed E-state index contributed by atoms with van der Waals surface area (Å²) >= 11 is 0. The molecule has 6 nitrogen and oxygen atoms in total. The second kappa shape index (κ2) is 6.79. The number of nitrogens with one attached hydrogen (secondary N) is 2. The SMILES string of the molecule is O=c1[nH]nc(CN2CC(c3cccc(C(F)(F)F)c3)OCC23CCCC3)[nH]1. The maximum absolute atomic E-state index is 13.0. The third kappa shape index (κ3) is 3.66. The van der Waals surface area contributed by atoms with Crippen LogP contribution in [0, 0.1) is 0 Å². The summed E-state index contributed by atoms with van der Waals surface area (Å²) < 4.78 is 45.2. The molecule has 9 heteroatoms. The van der Waals surface area contributed by atoms with Crippen molar-refractivity contribution in [3.63, 3.8) is 0 Å². The van der Waals surface area contributed by atoms with Crippen molar-refractivity contribution in [2.45, 2.75) is 50.0 Å². The molecule has 146 valence electrons. The molecule has 0 amide bonds. The van der Waals surface area contributed by atoms with Gasteiger partial charge in [-0.3, -0.25) is 9.88 Å². The van der Waals surface area contributed by atoms with Gasteiger partial charge in [-0.2, -0.15) is 18.3 Å². The Morgan fingerprint density at radius 1 is 1.30 bits per heavy atom. The number of nitrogens with zero attached hydrogens (tertiary/aromatic N) is 2. The number of halogens is 3. The average Bonchev–Trinajstić information content (AvgIpc) is 3.26. The van der Waals surface area contributed by atoms with Crippen LogP contribution in [0.2, 0.25) is 0 Å². The van der Waals surface area contributed by atoms with Crippen LogP contribution >= 0.6 is 0 Å². The molecule has 1 aliphatic carbocycles. The molecule has 1 spiro atoms. The Hall–Kier alpha value is -2.13. The minimum Gasteiger partial charge on any atom is -0.370 e. The van der Waals surface area contributed by atoms with E-state index < -0.39 is 17.8 Å². The lowest BCUT2D eigenvalue weighted by Crippen LogP contribution is -2.55. The number of ether oxygens (including phenoxy) is 1. The van der Waals surface area contributed by atoms with Crippen LogP contribution in [0.25, 0.3) is 0 Å². The van der Waals surface area contributed by atoms with E-state index in [2.05, 4.69) is 20.1 Å². The summed E-state index contributed by atoms with van der Waals surface area (Å²) in [5.41, 5.74) is -0.673. The maximum Gasteiger partial charge on any atom is 0.416 e. The van der Waals surface area contributed by atoms with Crippen molar-refractivity contribution in [3.8, 4) is 0 Å². The minimum atomic E-state index is -4.38. The van der Waals surface area contributed by atoms with Crippen molar-refractivity contribution >= 4 is 0 Å². The Bertz CT molecular complexity index is 855. The Kier molecular flexibility index (Phi) is 4.59. The highest BCUT2D eigenvalue weighted by Gasteiger charge is 2.45. The third-order valence-corrected chi connectivity index (χ3v) is 5.62. The number of hydrogen-bond donors (Lipinski definition) is 2. The average molecular weight is 382 g/mol. The van der Waals surface area contributed by atoms with Gasteiger partial charge in [0.2, 0.25) is 0 Å². The molecule has 1 saturated carbocycles. The first kappa shape index (κ1) is 18.2.